The van der Waals surface area contributed by atoms with Gasteiger partial charge in [-0.25, -0.2) is 4.79 Å². The SMILES string of the molecule is CC(C)(NC(=O)c1cc[nH]c1)C(=O)O. The molecule has 0 aliphatic carbocycles. The van der Waals surface area contributed by atoms with E-state index in [1.54, 1.807) is 12.3 Å². The molecular weight excluding hydrogens is 184 g/mol. The van der Waals surface area contributed by atoms with Gasteiger partial charge in [0, 0.05) is 12.4 Å². The number of carboxylic acids is 1. The first-order valence-electron chi connectivity index (χ1n) is 4.12. The van der Waals surface area contributed by atoms with Crippen LogP contribution in [0.5, 0.6) is 0 Å². The van der Waals surface area contributed by atoms with Gasteiger partial charge in [0.05, 0.1) is 5.56 Å². The van der Waals surface area contributed by atoms with Gasteiger partial charge in [0.25, 0.3) is 5.91 Å². The van der Waals surface area contributed by atoms with Gasteiger partial charge in [-0.05, 0) is 19.9 Å². The molecule has 1 rings (SSSR count). The van der Waals surface area contributed by atoms with Crippen molar-refractivity contribution in [2.24, 2.45) is 0 Å². The van der Waals surface area contributed by atoms with Gasteiger partial charge >= 0.3 is 5.97 Å². The third kappa shape index (κ3) is 2.12. The smallest absolute Gasteiger partial charge is 0.328 e. The Labute approximate surface area is 81.1 Å². The normalized spacial score (nSPS) is 11.0. The van der Waals surface area contributed by atoms with E-state index in [9.17, 15) is 9.59 Å². The fourth-order valence-electron chi connectivity index (χ4n) is 0.875. The molecule has 14 heavy (non-hydrogen) atoms. The van der Waals surface area contributed by atoms with E-state index in [1.807, 2.05) is 0 Å². The van der Waals surface area contributed by atoms with Crippen LogP contribution in [-0.2, 0) is 4.79 Å². The van der Waals surface area contributed by atoms with Crippen molar-refractivity contribution in [2.45, 2.75) is 19.4 Å². The fourth-order valence-corrected chi connectivity index (χ4v) is 0.875. The summed E-state index contributed by atoms with van der Waals surface area (Å²) in [7, 11) is 0. The number of nitrogens with one attached hydrogen (secondary N) is 2. The summed E-state index contributed by atoms with van der Waals surface area (Å²) in [5, 5.41) is 11.2. The van der Waals surface area contributed by atoms with Gasteiger partial charge in [-0.15, -0.1) is 0 Å². The van der Waals surface area contributed by atoms with Crippen LogP contribution >= 0.6 is 0 Å². The first-order valence-corrected chi connectivity index (χ1v) is 4.12. The van der Waals surface area contributed by atoms with E-state index in [0.717, 1.165) is 0 Å². The number of aromatic nitrogens is 1. The Balaban J connectivity index is 2.71. The number of carboxylic acid groups (broad SMARTS) is 1. The molecule has 0 atom stereocenters. The quantitative estimate of drug-likeness (QED) is 0.662. The van der Waals surface area contributed by atoms with Crippen molar-refractivity contribution in [1.29, 1.82) is 0 Å². The van der Waals surface area contributed by atoms with Crippen LogP contribution in [0.25, 0.3) is 0 Å². The molecule has 0 aliphatic rings. The van der Waals surface area contributed by atoms with Crippen LogP contribution in [0.4, 0.5) is 0 Å². The number of H-pyrrole nitrogens is 1. The Morgan fingerprint density at radius 2 is 2.14 bits per heavy atom. The van der Waals surface area contributed by atoms with Crippen molar-refractivity contribution < 1.29 is 14.7 Å². The zero-order valence-corrected chi connectivity index (χ0v) is 8.00. The maximum atomic E-state index is 11.4. The molecule has 3 N–H and O–H groups in total. The van der Waals surface area contributed by atoms with Crippen molar-refractivity contribution in [1.82, 2.24) is 10.3 Å². The summed E-state index contributed by atoms with van der Waals surface area (Å²) < 4.78 is 0. The summed E-state index contributed by atoms with van der Waals surface area (Å²) in [5.41, 5.74) is -0.840. The molecule has 1 amide bonds. The van der Waals surface area contributed by atoms with Crippen molar-refractivity contribution in [2.75, 3.05) is 0 Å². The first kappa shape index (κ1) is 10.3. The highest BCUT2D eigenvalue weighted by atomic mass is 16.4. The number of aliphatic carboxylic acids is 1. The zero-order valence-electron chi connectivity index (χ0n) is 8.00. The van der Waals surface area contributed by atoms with E-state index in [0.29, 0.717) is 5.56 Å². The molecule has 0 fully saturated rings. The second-order valence-electron chi connectivity index (χ2n) is 3.48. The van der Waals surface area contributed by atoms with E-state index in [-0.39, 0.29) is 0 Å². The van der Waals surface area contributed by atoms with Gasteiger partial charge < -0.3 is 15.4 Å². The van der Waals surface area contributed by atoms with Crippen LogP contribution in [0, 0.1) is 0 Å². The van der Waals surface area contributed by atoms with Crippen LogP contribution in [0.15, 0.2) is 18.5 Å². The molecule has 1 aromatic rings. The Morgan fingerprint density at radius 1 is 1.50 bits per heavy atom. The lowest BCUT2D eigenvalue weighted by Gasteiger charge is -2.20. The average molecular weight is 196 g/mol. The first-order chi connectivity index (χ1) is 6.43. The molecule has 0 radical (unpaired) electrons. The lowest BCUT2D eigenvalue weighted by Crippen LogP contribution is -2.49. The maximum Gasteiger partial charge on any atom is 0.328 e. The van der Waals surface area contributed by atoms with Crippen LogP contribution in [0.3, 0.4) is 0 Å². The van der Waals surface area contributed by atoms with Gasteiger partial charge in [0.1, 0.15) is 5.54 Å². The minimum Gasteiger partial charge on any atom is -0.480 e. The van der Waals surface area contributed by atoms with Crippen LogP contribution in [0.2, 0.25) is 0 Å². The van der Waals surface area contributed by atoms with Crippen LogP contribution in [-0.4, -0.2) is 27.5 Å². The Hall–Kier alpha value is -1.78. The number of hydrogen-bond acceptors (Lipinski definition) is 2. The monoisotopic (exact) mass is 196 g/mol. The topological polar surface area (TPSA) is 82.2 Å². The summed E-state index contributed by atoms with van der Waals surface area (Å²) in [6, 6.07) is 1.58. The number of rotatable bonds is 3. The van der Waals surface area contributed by atoms with E-state index in [4.69, 9.17) is 5.11 Å². The van der Waals surface area contributed by atoms with E-state index >= 15 is 0 Å². The van der Waals surface area contributed by atoms with E-state index in [2.05, 4.69) is 10.3 Å². The molecule has 1 aromatic heterocycles. The molecule has 0 saturated carbocycles. The second kappa shape index (κ2) is 3.53. The Bertz CT molecular complexity index is 341. The Kier molecular flexibility index (Phi) is 2.60. The fraction of sp³-hybridized carbons (Fsp3) is 0.333. The molecule has 0 unspecified atom stereocenters. The minimum atomic E-state index is -1.26. The molecule has 0 aromatic carbocycles. The number of hydrogen-bond donors (Lipinski definition) is 3. The number of amides is 1. The summed E-state index contributed by atoms with van der Waals surface area (Å²) >= 11 is 0. The predicted molar refractivity (Wildman–Crippen MR) is 50.0 cm³/mol. The summed E-state index contributed by atoms with van der Waals surface area (Å²) in [5.74, 6) is -1.47. The van der Waals surface area contributed by atoms with Crippen molar-refractivity contribution in [3.63, 3.8) is 0 Å². The highest BCUT2D eigenvalue weighted by Gasteiger charge is 2.29. The van der Waals surface area contributed by atoms with Gasteiger partial charge in [0.15, 0.2) is 0 Å². The van der Waals surface area contributed by atoms with Crippen LogP contribution < -0.4 is 5.32 Å². The third-order valence-corrected chi connectivity index (χ3v) is 1.82. The van der Waals surface area contributed by atoms with Crippen molar-refractivity contribution in [3.05, 3.63) is 24.0 Å². The van der Waals surface area contributed by atoms with Crippen molar-refractivity contribution in [3.8, 4) is 0 Å². The minimum absolute atomic E-state index is 0.404. The lowest BCUT2D eigenvalue weighted by molar-refractivity contribution is -0.143. The summed E-state index contributed by atoms with van der Waals surface area (Å²) in [4.78, 5) is 24.9. The van der Waals surface area contributed by atoms with Gasteiger partial charge in [-0.3, -0.25) is 4.79 Å². The van der Waals surface area contributed by atoms with E-state index in [1.165, 1.54) is 20.0 Å². The van der Waals surface area contributed by atoms with Gasteiger partial charge in [-0.1, -0.05) is 0 Å². The molecule has 0 saturated heterocycles. The largest absolute Gasteiger partial charge is 0.480 e. The number of carbonyl (C=O) groups is 2. The van der Waals surface area contributed by atoms with Gasteiger partial charge in [-0.2, -0.15) is 0 Å². The summed E-state index contributed by atoms with van der Waals surface area (Å²) in [6.45, 7) is 2.86. The Morgan fingerprint density at radius 3 is 2.57 bits per heavy atom. The molecular formula is C9H12N2O3. The molecule has 0 aliphatic heterocycles. The lowest BCUT2D eigenvalue weighted by atomic mass is 10.1. The summed E-state index contributed by atoms with van der Waals surface area (Å²) in [6.07, 6.45) is 3.11. The zero-order chi connectivity index (χ0) is 10.8. The average Bonchev–Trinajstić information content (AvgIpc) is 2.54. The molecule has 0 spiro atoms. The molecule has 76 valence electrons. The molecule has 0 bridgehead atoms. The number of carbonyl (C=O) groups excluding carboxylic acids is 1. The highest BCUT2D eigenvalue weighted by Crippen LogP contribution is 2.05. The van der Waals surface area contributed by atoms with Crippen molar-refractivity contribution >= 4 is 11.9 Å². The number of aromatic amines is 1. The third-order valence-electron chi connectivity index (χ3n) is 1.82. The standard InChI is InChI=1S/C9H12N2O3/c1-9(2,8(13)14)11-7(12)6-3-4-10-5-6/h3-5,10H,1-2H3,(H,11,12)(H,13,14). The van der Waals surface area contributed by atoms with Crippen LogP contribution in [0.1, 0.15) is 24.2 Å². The molecule has 5 heteroatoms. The molecule has 1 heterocycles. The maximum absolute atomic E-state index is 11.4. The van der Waals surface area contributed by atoms with Gasteiger partial charge in [0.2, 0.25) is 0 Å². The second-order valence-corrected chi connectivity index (χ2v) is 3.48. The highest BCUT2D eigenvalue weighted by molar-refractivity contribution is 5.97. The predicted octanol–water partition coefficient (Wildman–Crippen LogP) is 0.608. The van der Waals surface area contributed by atoms with E-state index < -0.39 is 17.4 Å². The molecule has 5 nitrogen and oxygen atoms in total.